The average Bonchev–Trinajstić information content (AvgIpc) is 2.32. The molecular weight excluding hydrogens is 146 g/mol. The van der Waals surface area contributed by atoms with Gasteiger partial charge in [-0.1, -0.05) is 31.4 Å². The van der Waals surface area contributed by atoms with E-state index in [1.54, 1.807) is 0 Å². The molecule has 0 spiro atoms. The zero-order chi connectivity index (χ0) is 8.81. The number of hydrogen-bond donors (Lipinski definition) is 1. The van der Waals surface area contributed by atoms with Crippen molar-refractivity contribution >= 4 is 0 Å². The Hall–Kier alpha value is -0.300. The first-order chi connectivity index (χ1) is 5.84. The van der Waals surface area contributed by atoms with Gasteiger partial charge in [-0.05, 0) is 32.1 Å². The van der Waals surface area contributed by atoms with Gasteiger partial charge in [0.15, 0.2) is 0 Å². The van der Waals surface area contributed by atoms with Crippen LogP contribution in [-0.2, 0) is 0 Å². The van der Waals surface area contributed by atoms with Gasteiger partial charge in [0.05, 0.1) is 0 Å². The molecule has 0 aromatic rings. The topological polar surface area (TPSA) is 26.0 Å². The van der Waals surface area contributed by atoms with Crippen molar-refractivity contribution in [1.82, 2.24) is 0 Å². The minimum Gasteiger partial charge on any atom is -0.324 e. The monoisotopic (exact) mass is 167 g/mol. The average molecular weight is 167 g/mol. The summed E-state index contributed by atoms with van der Waals surface area (Å²) in [6.07, 6.45) is 11.4. The molecule has 0 aliphatic heterocycles. The van der Waals surface area contributed by atoms with Crippen molar-refractivity contribution in [2.45, 2.75) is 57.9 Å². The molecule has 0 aromatic carbocycles. The zero-order valence-electron chi connectivity index (χ0n) is 8.18. The highest BCUT2D eigenvalue weighted by molar-refractivity contribution is 5.10. The first kappa shape index (κ1) is 9.79. The largest absolute Gasteiger partial charge is 0.324 e. The predicted octanol–water partition coefficient (Wildman–Crippen LogP) is 3.00. The maximum atomic E-state index is 6.06. The van der Waals surface area contributed by atoms with E-state index in [4.69, 9.17) is 5.73 Å². The van der Waals surface area contributed by atoms with Crippen LogP contribution < -0.4 is 5.73 Å². The van der Waals surface area contributed by atoms with Gasteiger partial charge in [-0.15, -0.1) is 0 Å². The van der Waals surface area contributed by atoms with Crippen molar-refractivity contribution in [1.29, 1.82) is 0 Å². The Bertz CT molecular complexity index is 149. The first-order valence-corrected chi connectivity index (χ1v) is 5.29. The van der Waals surface area contributed by atoms with Gasteiger partial charge >= 0.3 is 0 Å². The lowest BCUT2D eigenvalue weighted by Gasteiger charge is -2.13. The third-order valence-corrected chi connectivity index (χ3v) is 2.65. The van der Waals surface area contributed by atoms with Crippen molar-refractivity contribution in [2.24, 2.45) is 5.73 Å². The molecule has 1 atom stereocenters. The van der Waals surface area contributed by atoms with Gasteiger partial charge < -0.3 is 5.73 Å². The van der Waals surface area contributed by atoms with Crippen molar-refractivity contribution in [2.75, 3.05) is 0 Å². The molecule has 1 aliphatic carbocycles. The van der Waals surface area contributed by atoms with E-state index in [1.807, 2.05) is 0 Å². The van der Waals surface area contributed by atoms with E-state index in [0.717, 1.165) is 6.42 Å². The molecule has 1 heteroatoms. The number of hydrogen-bond acceptors (Lipinski definition) is 1. The zero-order valence-corrected chi connectivity index (χ0v) is 8.18. The third kappa shape index (κ3) is 2.98. The van der Waals surface area contributed by atoms with Crippen LogP contribution in [0.25, 0.3) is 0 Å². The highest BCUT2D eigenvalue weighted by atomic mass is 14.6. The third-order valence-electron chi connectivity index (χ3n) is 2.65. The minimum atomic E-state index is 0.355. The Morgan fingerprint density at radius 2 is 2.25 bits per heavy atom. The summed E-state index contributed by atoms with van der Waals surface area (Å²) in [6, 6.07) is 0.355. The second-order valence-electron chi connectivity index (χ2n) is 3.77. The van der Waals surface area contributed by atoms with Gasteiger partial charge in [0, 0.05) is 6.04 Å². The molecule has 0 radical (unpaired) electrons. The molecule has 70 valence electrons. The highest BCUT2D eigenvalue weighted by Gasteiger charge is 2.09. The summed E-state index contributed by atoms with van der Waals surface area (Å²) in [6.45, 7) is 2.21. The fraction of sp³-hybridized carbons (Fsp3) is 0.818. The van der Waals surface area contributed by atoms with E-state index in [2.05, 4.69) is 13.0 Å². The molecule has 0 saturated heterocycles. The van der Waals surface area contributed by atoms with Gasteiger partial charge in [-0.2, -0.15) is 0 Å². The molecule has 0 bridgehead atoms. The Labute approximate surface area is 76.0 Å². The van der Waals surface area contributed by atoms with Crippen molar-refractivity contribution < 1.29 is 0 Å². The molecule has 1 nitrogen and oxygen atoms in total. The summed E-state index contributed by atoms with van der Waals surface area (Å²) in [4.78, 5) is 0. The van der Waals surface area contributed by atoms with E-state index < -0.39 is 0 Å². The second kappa shape index (κ2) is 5.36. The smallest absolute Gasteiger partial charge is 0.0253 e. The second-order valence-corrected chi connectivity index (χ2v) is 3.77. The van der Waals surface area contributed by atoms with Gasteiger partial charge in [-0.3, -0.25) is 0 Å². The van der Waals surface area contributed by atoms with Crippen LogP contribution in [0, 0.1) is 0 Å². The fourth-order valence-corrected chi connectivity index (χ4v) is 1.87. The van der Waals surface area contributed by atoms with Crippen molar-refractivity contribution in [3.05, 3.63) is 11.6 Å². The van der Waals surface area contributed by atoms with Crippen LogP contribution in [0.2, 0.25) is 0 Å². The molecular formula is C11H21N. The summed E-state index contributed by atoms with van der Waals surface area (Å²) in [5, 5.41) is 0. The van der Waals surface area contributed by atoms with Crippen LogP contribution in [0.15, 0.2) is 11.6 Å². The molecule has 2 N–H and O–H groups in total. The summed E-state index contributed by atoms with van der Waals surface area (Å²) < 4.78 is 0. The normalized spacial score (nSPS) is 21.3. The van der Waals surface area contributed by atoms with E-state index in [1.165, 1.54) is 44.1 Å². The van der Waals surface area contributed by atoms with Gasteiger partial charge in [0.1, 0.15) is 0 Å². The summed E-state index contributed by atoms with van der Waals surface area (Å²) in [5.74, 6) is 0. The molecule has 0 aromatic heterocycles. The lowest BCUT2D eigenvalue weighted by Crippen LogP contribution is -2.22. The molecule has 0 amide bonds. The molecule has 12 heavy (non-hydrogen) atoms. The van der Waals surface area contributed by atoms with Crippen LogP contribution in [0.4, 0.5) is 0 Å². The van der Waals surface area contributed by atoms with Crippen LogP contribution in [-0.4, -0.2) is 6.04 Å². The summed E-state index contributed by atoms with van der Waals surface area (Å²) in [7, 11) is 0. The van der Waals surface area contributed by atoms with E-state index in [-0.39, 0.29) is 0 Å². The maximum Gasteiger partial charge on any atom is 0.0253 e. The van der Waals surface area contributed by atoms with E-state index >= 15 is 0 Å². The molecule has 1 rings (SSSR count). The molecule has 0 heterocycles. The van der Waals surface area contributed by atoms with Gasteiger partial charge in [-0.25, -0.2) is 0 Å². The maximum absolute atomic E-state index is 6.06. The van der Waals surface area contributed by atoms with Crippen LogP contribution in [0.1, 0.15) is 51.9 Å². The fourth-order valence-electron chi connectivity index (χ4n) is 1.87. The van der Waals surface area contributed by atoms with E-state index in [9.17, 15) is 0 Å². The van der Waals surface area contributed by atoms with Gasteiger partial charge in [0.2, 0.25) is 0 Å². The first-order valence-electron chi connectivity index (χ1n) is 5.29. The lowest BCUT2D eigenvalue weighted by molar-refractivity contribution is 0.631. The predicted molar refractivity (Wildman–Crippen MR) is 54.1 cm³/mol. The lowest BCUT2D eigenvalue weighted by atomic mass is 9.99. The van der Waals surface area contributed by atoms with E-state index in [0.29, 0.717) is 6.04 Å². The van der Waals surface area contributed by atoms with Gasteiger partial charge in [0.25, 0.3) is 0 Å². The number of nitrogens with two attached hydrogens (primary N) is 1. The minimum absolute atomic E-state index is 0.355. The highest BCUT2D eigenvalue weighted by Crippen LogP contribution is 2.20. The quantitative estimate of drug-likeness (QED) is 0.642. The van der Waals surface area contributed by atoms with Crippen molar-refractivity contribution in [3.8, 4) is 0 Å². The van der Waals surface area contributed by atoms with Crippen LogP contribution >= 0.6 is 0 Å². The molecule has 1 unspecified atom stereocenters. The van der Waals surface area contributed by atoms with Crippen molar-refractivity contribution in [3.63, 3.8) is 0 Å². The molecule has 1 aliphatic rings. The Morgan fingerprint density at radius 3 is 3.00 bits per heavy atom. The Balaban J connectivity index is 2.41. The standard InChI is InChI=1S/C11H21N/c1-2-7-11(12)10-8-5-3-4-6-9-10/h8,11H,2-7,9,12H2,1H3. The Morgan fingerprint density at radius 1 is 1.42 bits per heavy atom. The molecule has 0 saturated carbocycles. The molecule has 0 fully saturated rings. The van der Waals surface area contributed by atoms with Crippen LogP contribution in [0.5, 0.6) is 0 Å². The Kier molecular flexibility index (Phi) is 4.37. The summed E-state index contributed by atoms with van der Waals surface area (Å²) >= 11 is 0. The number of allylic oxidation sites excluding steroid dienone is 1. The number of rotatable bonds is 3. The summed E-state index contributed by atoms with van der Waals surface area (Å²) in [5.41, 5.74) is 7.58. The SMILES string of the molecule is CCCC(N)C1=CCCCCC1. The van der Waals surface area contributed by atoms with Crippen LogP contribution in [0.3, 0.4) is 0 Å².